The summed E-state index contributed by atoms with van der Waals surface area (Å²) in [6.07, 6.45) is 3.16. The highest BCUT2D eigenvalue weighted by atomic mass is 35.5. The maximum absolute atomic E-state index is 12.6. The molecule has 1 amide bonds. The summed E-state index contributed by atoms with van der Waals surface area (Å²) in [5.74, 6) is 0.739. The molecule has 1 N–H and O–H groups in total. The van der Waals surface area contributed by atoms with Gasteiger partial charge in [-0.2, -0.15) is 9.36 Å². The molecule has 9 nitrogen and oxygen atoms in total. The predicted molar refractivity (Wildman–Crippen MR) is 156 cm³/mol. The molecule has 0 spiro atoms. The van der Waals surface area contributed by atoms with Crippen LogP contribution in [-0.2, 0) is 22.6 Å². The minimum Gasteiger partial charge on any atom is -0.444 e. The summed E-state index contributed by atoms with van der Waals surface area (Å²) in [5.41, 5.74) is 2.02. The van der Waals surface area contributed by atoms with Gasteiger partial charge in [0.15, 0.2) is 0 Å². The van der Waals surface area contributed by atoms with Crippen LogP contribution in [0, 0.1) is 12.8 Å². The Hall–Kier alpha value is -2.21. The summed E-state index contributed by atoms with van der Waals surface area (Å²) in [5, 5.41) is 5.63. The number of ether oxygens (including phenoxy) is 2. The van der Waals surface area contributed by atoms with Gasteiger partial charge in [0.1, 0.15) is 23.0 Å². The molecular formula is C26H39ClN6O3SSi. The molecule has 1 aliphatic heterocycles. The molecule has 3 aromatic rings. The van der Waals surface area contributed by atoms with E-state index in [9.17, 15) is 4.79 Å². The lowest BCUT2D eigenvalue weighted by Gasteiger charge is -2.24. The van der Waals surface area contributed by atoms with E-state index in [2.05, 4.69) is 29.3 Å². The standard InChI is InChI=1S/C26H39ClN6O3SSi/c1-17-12-21(37-31-17)29-24-28-20(13-18-8-9-32(14-18)25(34)36-26(2,3)4)22-19(27)15-33(23(22)30-24)16-35-10-11-38(5,6)7/h12,15,18H,8-11,13-14,16H2,1-7H3,(H,28,29,30)/t18-/m0/s1. The normalized spacial score (nSPS) is 16.4. The smallest absolute Gasteiger partial charge is 0.410 e. The van der Waals surface area contributed by atoms with E-state index in [0.29, 0.717) is 43.8 Å². The van der Waals surface area contributed by atoms with Crippen LogP contribution in [0.25, 0.3) is 11.0 Å². The Morgan fingerprint density at radius 2 is 2.05 bits per heavy atom. The first-order valence-electron chi connectivity index (χ1n) is 13.1. The summed E-state index contributed by atoms with van der Waals surface area (Å²) in [6.45, 7) is 17.0. The number of aryl methyl sites for hydroxylation is 1. The minimum absolute atomic E-state index is 0.242. The van der Waals surface area contributed by atoms with Crippen LogP contribution in [0.1, 0.15) is 38.6 Å². The van der Waals surface area contributed by atoms with Crippen LogP contribution in [0.4, 0.5) is 15.7 Å². The van der Waals surface area contributed by atoms with Crippen molar-refractivity contribution in [1.82, 2.24) is 23.8 Å². The molecule has 0 saturated carbocycles. The number of nitrogens with zero attached hydrogens (tertiary/aromatic N) is 5. The third-order valence-electron chi connectivity index (χ3n) is 6.25. The number of aromatic nitrogens is 4. The Morgan fingerprint density at radius 3 is 2.71 bits per heavy atom. The maximum Gasteiger partial charge on any atom is 0.410 e. The van der Waals surface area contributed by atoms with Crippen LogP contribution in [0.5, 0.6) is 0 Å². The molecule has 3 aromatic heterocycles. The molecule has 208 valence electrons. The average molecular weight is 579 g/mol. The molecule has 0 aromatic carbocycles. The number of fused-ring (bicyclic) bond motifs is 1. The lowest BCUT2D eigenvalue weighted by atomic mass is 10.0. The van der Waals surface area contributed by atoms with Crippen molar-refractivity contribution in [2.45, 2.75) is 78.6 Å². The van der Waals surface area contributed by atoms with E-state index in [0.717, 1.165) is 39.9 Å². The van der Waals surface area contributed by atoms with Crippen molar-refractivity contribution in [2.75, 3.05) is 25.0 Å². The van der Waals surface area contributed by atoms with Crippen LogP contribution in [0.15, 0.2) is 12.3 Å². The summed E-state index contributed by atoms with van der Waals surface area (Å²) in [7, 11) is -1.19. The molecular weight excluding hydrogens is 540 g/mol. The number of anilines is 2. The zero-order valence-corrected chi connectivity index (χ0v) is 26.0. The van der Waals surface area contributed by atoms with Gasteiger partial charge in [-0.3, -0.25) is 0 Å². The number of carbonyl (C=O) groups excluding carboxylic acids is 1. The second-order valence-corrected chi connectivity index (χ2v) is 19.1. The highest BCUT2D eigenvalue weighted by Gasteiger charge is 2.31. The molecule has 0 radical (unpaired) electrons. The number of hydrogen-bond acceptors (Lipinski definition) is 8. The number of likely N-dealkylation sites (tertiary alicyclic amines) is 1. The fourth-order valence-corrected chi connectivity index (χ4v) is 6.07. The number of amides is 1. The number of nitrogens with one attached hydrogen (secondary N) is 1. The largest absolute Gasteiger partial charge is 0.444 e. The maximum atomic E-state index is 12.6. The molecule has 12 heteroatoms. The summed E-state index contributed by atoms with van der Waals surface area (Å²) < 4.78 is 17.9. The van der Waals surface area contributed by atoms with Crippen molar-refractivity contribution in [3.05, 3.63) is 28.7 Å². The molecule has 38 heavy (non-hydrogen) atoms. The summed E-state index contributed by atoms with van der Waals surface area (Å²) in [6, 6.07) is 3.06. The first kappa shape index (κ1) is 28.8. The molecule has 1 atom stereocenters. The van der Waals surface area contributed by atoms with Crippen LogP contribution < -0.4 is 5.32 Å². The Labute approximate surface area is 235 Å². The number of rotatable bonds is 9. The quantitative estimate of drug-likeness (QED) is 0.223. The second kappa shape index (κ2) is 11.5. The molecule has 0 unspecified atom stereocenters. The third kappa shape index (κ3) is 7.68. The van der Waals surface area contributed by atoms with Gasteiger partial charge in [-0.05, 0) is 70.1 Å². The predicted octanol–water partition coefficient (Wildman–Crippen LogP) is 6.71. The topological polar surface area (TPSA) is 94.4 Å². The molecule has 1 saturated heterocycles. The summed E-state index contributed by atoms with van der Waals surface area (Å²) in [4.78, 5) is 24.1. The van der Waals surface area contributed by atoms with Crippen molar-refractivity contribution in [3.63, 3.8) is 0 Å². The number of halogens is 1. The van der Waals surface area contributed by atoms with Gasteiger partial charge < -0.3 is 24.3 Å². The zero-order valence-electron chi connectivity index (χ0n) is 23.4. The van der Waals surface area contributed by atoms with Crippen molar-refractivity contribution < 1.29 is 14.3 Å². The van der Waals surface area contributed by atoms with Crippen molar-refractivity contribution in [3.8, 4) is 0 Å². The number of carbonyl (C=O) groups is 1. The SMILES string of the molecule is Cc1cc(Nc2nc(C[C@@H]3CCN(C(=O)OC(C)(C)C)C3)c3c(Cl)cn(COCC[Si](C)(C)C)c3n2)sn1. The van der Waals surface area contributed by atoms with E-state index < -0.39 is 13.7 Å². The van der Waals surface area contributed by atoms with Gasteiger partial charge in [0, 0.05) is 34.0 Å². The fourth-order valence-electron chi connectivity index (χ4n) is 4.35. The van der Waals surface area contributed by atoms with Crippen molar-refractivity contribution in [2.24, 2.45) is 5.92 Å². The van der Waals surface area contributed by atoms with E-state index in [4.69, 9.17) is 31.0 Å². The average Bonchev–Trinajstić information content (AvgIpc) is 3.49. The highest BCUT2D eigenvalue weighted by molar-refractivity contribution is 7.10. The van der Waals surface area contributed by atoms with E-state index in [1.807, 2.05) is 44.5 Å². The van der Waals surface area contributed by atoms with Gasteiger partial charge >= 0.3 is 6.09 Å². The van der Waals surface area contributed by atoms with Gasteiger partial charge in [0.05, 0.1) is 21.8 Å². The van der Waals surface area contributed by atoms with E-state index in [1.165, 1.54) is 11.5 Å². The molecule has 0 bridgehead atoms. The van der Waals surface area contributed by atoms with Crippen LogP contribution in [0.3, 0.4) is 0 Å². The number of hydrogen-bond donors (Lipinski definition) is 1. The van der Waals surface area contributed by atoms with Gasteiger partial charge in [-0.1, -0.05) is 31.2 Å². The first-order valence-corrected chi connectivity index (χ1v) is 17.9. The Bertz CT molecular complexity index is 1280. The zero-order chi connectivity index (χ0) is 27.7. The second-order valence-electron chi connectivity index (χ2n) is 12.2. The Morgan fingerprint density at radius 1 is 1.29 bits per heavy atom. The van der Waals surface area contributed by atoms with Crippen molar-refractivity contribution >= 4 is 59.3 Å². The lowest BCUT2D eigenvalue weighted by Crippen LogP contribution is -2.35. The minimum atomic E-state index is -1.19. The van der Waals surface area contributed by atoms with E-state index >= 15 is 0 Å². The highest BCUT2D eigenvalue weighted by Crippen LogP contribution is 2.33. The lowest BCUT2D eigenvalue weighted by molar-refractivity contribution is 0.0288. The molecule has 1 fully saturated rings. The van der Waals surface area contributed by atoms with E-state index in [1.54, 1.807) is 4.90 Å². The fraction of sp³-hybridized carbons (Fsp3) is 0.615. The first-order chi connectivity index (χ1) is 17.8. The van der Waals surface area contributed by atoms with Crippen LogP contribution in [-0.4, -0.2) is 63.3 Å². The van der Waals surface area contributed by atoms with Crippen molar-refractivity contribution in [1.29, 1.82) is 0 Å². The Kier molecular flexibility index (Phi) is 8.70. The van der Waals surface area contributed by atoms with Gasteiger partial charge in [-0.25, -0.2) is 9.78 Å². The Balaban J connectivity index is 1.58. The monoisotopic (exact) mass is 578 g/mol. The van der Waals surface area contributed by atoms with Gasteiger partial charge in [-0.15, -0.1) is 0 Å². The van der Waals surface area contributed by atoms with E-state index in [-0.39, 0.29) is 12.0 Å². The van der Waals surface area contributed by atoms with Crippen LogP contribution in [0.2, 0.25) is 30.7 Å². The third-order valence-corrected chi connectivity index (χ3v) is 9.04. The molecule has 1 aliphatic rings. The van der Waals surface area contributed by atoms with Crippen LogP contribution >= 0.6 is 23.1 Å². The summed E-state index contributed by atoms with van der Waals surface area (Å²) >= 11 is 8.13. The van der Waals surface area contributed by atoms with Gasteiger partial charge in [0.2, 0.25) is 5.95 Å². The van der Waals surface area contributed by atoms with Gasteiger partial charge in [0.25, 0.3) is 0 Å². The molecule has 4 rings (SSSR count). The molecule has 0 aliphatic carbocycles. The molecule has 4 heterocycles.